The molecule has 0 bridgehead atoms. The van der Waals surface area contributed by atoms with E-state index < -0.39 is 5.25 Å². The molecule has 0 spiro atoms. The van der Waals surface area contributed by atoms with Gasteiger partial charge in [-0.25, -0.2) is 0 Å². The Morgan fingerprint density at radius 1 is 0.950 bits per heavy atom. The number of carbonyl (C=O) groups excluding carboxylic acids is 2. The molecule has 2 aromatic carbocycles. The van der Waals surface area contributed by atoms with Gasteiger partial charge in [0.1, 0.15) is 23.0 Å². The maximum atomic E-state index is 12.6. The zero-order chi connectivity index (χ0) is 29.5. The molecule has 216 valence electrons. The summed E-state index contributed by atoms with van der Waals surface area (Å²) in [5, 5.41) is -0.564. The summed E-state index contributed by atoms with van der Waals surface area (Å²) in [6.07, 6.45) is 7.99. The molecule has 0 aliphatic carbocycles. The molecule has 0 radical (unpaired) electrons. The number of carbonyl (C=O) groups is 2. The van der Waals surface area contributed by atoms with Crippen molar-refractivity contribution in [1.82, 2.24) is 0 Å². The molecule has 0 aromatic heterocycles. The van der Waals surface area contributed by atoms with Crippen LogP contribution >= 0.6 is 11.8 Å². The third-order valence-electron chi connectivity index (χ3n) is 5.69. The van der Waals surface area contributed by atoms with Crippen LogP contribution in [0.3, 0.4) is 0 Å². The Hall–Kier alpha value is -3.32. The Labute approximate surface area is 243 Å². The Balaban J connectivity index is 1.89. The van der Waals surface area contributed by atoms with Gasteiger partial charge in [-0.1, -0.05) is 56.7 Å². The standard InChI is InChI=1S/C33H43NO5S/c1-8-10-28-21-30(39-25(6)22-34-18-17-23(2)3)15-16-31(28)38-20-9-19-37-29-13-11-27(12-14-29)33(40-26(7)35)32(36)24(4)5/h11-18,21-22,24,33H,8-10,19-20H2,1-7H3/b25-22+,34-18?. The SMILES string of the molecule is CCCc1cc(O/C(C)=C/N=CC=C(C)C)ccc1OCCCOc1ccc(C(SC(C)=O)C(=O)C(C)C)cc1. The number of aliphatic imine (C=N–C) groups is 1. The molecule has 0 fully saturated rings. The fourth-order valence-electron chi connectivity index (χ4n) is 3.71. The lowest BCUT2D eigenvalue weighted by atomic mass is 10.0. The summed E-state index contributed by atoms with van der Waals surface area (Å²) in [7, 11) is 0. The first-order valence-electron chi connectivity index (χ1n) is 13.8. The third kappa shape index (κ3) is 11.8. The van der Waals surface area contributed by atoms with E-state index in [9.17, 15) is 9.59 Å². The topological polar surface area (TPSA) is 74.2 Å². The minimum Gasteiger partial charge on any atom is -0.493 e. The molecule has 1 unspecified atom stereocenters. The average Bonchev–Trinajstić information content (AvgIpc) is 2.90. The van der Waals surface area contributed by atoms with Gasteiger partial charge in [0, 0.05) is 25.5 Å². The summed E-state index contributed by atoms with van der Waals surface area (Å²) in [6.45, 7) is 14.3. The van der Waals surface area contributed by atoms with Crippen molar-refractivity contribution in [2.45, 2.75) is 73.0 Å². The van der Waals surface area contributed by atoms with Crippen LogP contribution in [0.1, 0.15) is 77.7 Å². The van der Waals surface area contributed by atoms with Crippen molar-refractivity contribution >= 4 is 28.9 Å². The molecular weight excluding hydrogens is 522 g/mol. The summed E-state index contributed by atoms with van der Waals surface area (Å²) in [6, 6.07) is 13.3. The average molecular weight is 566 g/mol. The first-order chi connectivity index (χ1) is 19.1. The van der Waals surface area contributed by atoms with E-state index in [0.29, 0.717) is 31.1 Å². The molecule has 6 nitrogen and oxygen atoms in total. The van der Waals surface area contributed by atoms with Gasteiger partial charge in [-0.05, 0) is 74.7 Å². The van der Waals surface area contributed by atoms with E-state index in [-0.39, 0.29) is 16.8 Å². The first-order valence-corrected chi connectivity index (χ1v) is 14.7. The van der Waals surface area contributed by atoms with Crippen LogP contribution in [0, 0.1) is 5.92 Å². The number of allylic oxidation sites excluding steroid dienone is 3. The number of thioether (sulfide) groups is 1. The highest BCUT2D eigenvalue weighted by Gasteiger charge is 2.25. The van der Waals surface area contributed by atoms with E-state index in [1.54, 1.807) is 12.4 Å². The quantitative estimate of drug-likeness (QED) is 0.116. The molecule has 0 saturated carbocycles. The van der Waals surface area contributed by atoms with Crippen LogP contribution in [0.4, 0.5) is 0 Å². The molecule has 2 rings (SSSR count). The third-order valence-corrected chi connectivity index (χ3v) is 6.76. The lowest BCUT2D eigenvalue weighted by Gasteiger charge is -2.17. The maximum Gasteiger partial charge on any atom is 0.186 e. The van der Waals surface area contributed by atoms with E-state index in [2.05, 4.69) is 11.9 Å². The molecule has 40 heavy (non-hydrogen) atoms. The lowest BCUT2D eigenvalue weighted by Crippen LogP contribution is -2.16. The van der Waals surface area contributed by atoms with Crippen molar-refractivity contribution in [3.8, 4) is 17.2 Å². The van der Waals surface area contributed by atoms with E-state index >= 15 is 0 Å². The zero-order valence-electron chi connectivity index (χ0n) is 24.9. The van der Waals surface area contributed by atoms with E-state index in [1.165, 1.54) is 12.5 Å². The van der Waals surface area contributed by atoms with Crippen LogP contribution in [0.25, 0.3) is 0 Å². The van der Waals surface area contributed by atoms with Crippen molar-refractivity contribution in [2.24, 2.45) is 10.9 Å². The van der Waals surface area contributed by atoms with Crippen molar-refractivity contribution in [1.29, 1.82) is 0 Å². The van der Waals surface area contributed by atoms with Crippen LogP contribution in [0.15, 0.2) is 71.1 Å². The van der Waals surface area contributed by atoms with Crippen LogP contribution in [0.5, 0.6) is 17.2 Å². The van der Waals surface area contributed by atoms with Gasteiger partial charge >= 0.3 is 0 Å². The summed E-state index contributed by atoms with van der Waals surface area (Å²) in [5.74, 6) is 2.93. The molecule has 2 aromatic rings. The molecule has 0 aliphatic rings. The van der Waals surface area contributed by atoms with Gasteiger partial charge in [0.2, 0.25) is 0 Å². The number of benzene rings is 2. The van der Waals surface area contributed by atoms with Gasteiger partial charge in [0.05, 0.1) is 24.7 Å². The summed E-state index contributed by atoms with van der Waals surface area (Å²) in [5.41, 5.74) is 3.10. The molecule has 7 heteroatoms. The fourth-order valence-corrected chi connectivity index (χ4v) is 4.72. The Bertz CT molecular complexity index is 1190. The molecule has 0 aliphatic heterocycles. The highest BCUT2D eigenvalue weighted by molar-refractivity contribution is 8.14. The molecule has 0 heterocycles. The highest BCUT2D eigenvalue weighted by Crippen LogP contribution is 2.33. The van der Waals surface area contributed by atoms with Crippen LogP contribution in [-0.4, -0.2) is 30.3 Å². The van der Waals surface area contributed by atoms with Gasteiger partial charge in [-0.15, -0.1) is 0 Å². The second kappa shape index (κ2) is 17.4. The highest BCUT2D eigenvalue weighted by atomic mass is 32.2. The number of ether oxygens (including phenoxy) is 3. The first kappa shape index (κ1) is 32.9. The number of ketones is 1. The molecule has 0 saturated heterocycles. The predicted molar refractivity (Wildman–Crippen MR) is 166 cm³/mol. The zero-order valence-corrected chi connectivity index (χ0v) is 25.7. The van der Waals surface area contributed by atoms with Crippen molar-refractivity contribution in [2.75, 3.05) is 13.2 Å². The minimum absolute atomic E-state index is 0.0453. The maximum absolute atomic E-state index is 12.6. The van der Waals surface area contributed by atoms with Crippen LogP contribution in [-0.2, 0) is 16.0 Å². The largest absolute Gasteiger partial charge is 0.493 e. The summed E-state index contributed by atoms with van der Waals surface area (Å²) in [4.78, 5) is 28.5. The number of Topliss-reactive ketones (excluding diaryl/α,β-unsaturated/α-hetero) is 1. The molecule has 0 N–H and O–H groups in total. The Kier molecular flexibility index (Phi) is 14.3. The number of aryl methyl sites for hydroxylation is 1. The normalized spacial score (nSPS) is 12.3. The van der Waals surface area contributed by atoms with Crippen LogP contribution in [0.2, 0.25) is 0 Å². The van der Waals surface area contributed by atoms with Crippen LogP contribution < -0.4 is 14.2 Å². The molecule has 0 amide bonds. The van der Waals surface area contributed by atoms with Crippen molar-refractivity contribution < 1.29 is 23.8 Å². The fraction of sp³-hybridized carbons (Fsp3) is 0.424. The monoisotopic (exact) mass is 565 g/mol. The molecule has 1 atom stereocenters. The van der Waals surface area contributed by atoms with Gasteiger partial charge in [0.25, 0.3) is 0 Å². The van der Waals surface area contributed by atoms with Gasteiger partial charge in [0.15, 0.2) is 10.9 Å². The lowest BCUT2D eigenvalue weighted by molar-refractivity contribution is -0.121. The van der Waals surface area contributed by atoms with Gasteiger partial charge < -0.3 is 14.2 Å². The van der Waals surface area contributed by atoms with Crippen molar-refractivity contribution in [3.63, 3.8) is 0 Å². The van der Waals surface area contributed by atoms with Gasteiger partial charge in [-0.3, -0.25) is 14.6 Å². The summed E-state index contributed by atoms with van der Waals surface area (Å²) < 4.78 is 17.9. The second-order valence-electron chi connectivity index (χ2n) is 10.1. The number of hydrogen-bond acceptors (Lipinski definition) is 7. The number of rotatable bonds is 16. The summed E-state index contributed by atoms with van der Waals surface area (Å²) >= 11 is 1.07. The predicted octanol–water partition coefficient (Wildman–Crippen LogP) is 8.31. The molecular formula is C33H43NO5S. The minimum atomic E-state index is -0.491. The smallest absolute Gasteiger partial charge is 0.186 e. The second-order valence-corrected chi connectivity index (χ2v) is 11.4. The number of hydrogen-bond donors (Lipinski definition) is 0. The van der Waals surface area contributed by atoms with Gasteiger partial charge in [-0.2, -0.15) is 0 Å². The van der Waals surface area contributed by atoms with Crippen molar-refractivity contribution in [3.05, 3.63) is 77.2 Å². The van der Waals surface area contributed by atoms with E-state index in [4.69, 9.17) is 14.2 Å². The Morgan fingerprint density at radius 2 is 1.62 bits per heavy atom. The van der Waals surface area contributed by atoms with E-state index in [1.807, 2.05) is 83.2 Å². The van der Waals surface area contributed by atoms with E-state index in [0.717, 1.165) is 47.2 Å². The Morgan fingerprint density at radius 3 is 2.25 bits per heavy atom. The number of nitrogens with zero attached hydrogens (tertiary/aromatic N) is 1.